The van der Waals surface area contributed by atoms with Crippen molar-refractivity contribution in [2.45, 2.75) is 26.2 Å². The van der Waals surface area contributed by atoms with Crippen LogP contribution >= 0.6 is 0 Å². The van der Waals surface area contributed by atoms with Gasteiger partial charge in [-0.05, 0) is 31.5 Å². The van der Waals surface area contributed by atoms with Gasteiger partial charge < -0.3 is 10.1 Å². The normalized spacial score (nSPS) is 12.9. The smallest absolute Gasteiger partial charge is 0.330 e. The predicted molar refractivity (Wildman–Crippen MR) is 70.3 cm³/mol. The summed E-state index contributed by atoms with van der Waals surface area (Å²) in [6.07, 6.45) is 0. The largest absolute Gasteiger partial charge is 0.465 e. The lowest BCUT2D eigenvalue weighted by atomic mass is 9.84. The van der Waals surface area contributed by atoms with E-state index in [2.05, 4.69) is 5.32 Å². The Balaban J connectivity index is 3.03. The number of hydrogen-bond acceptors (Lipinski definition) is 4. The van der Waals surface area contributed by atoms with Gasteiger partial charge in [-0.1, -0.05) is 12.1 Å². The van der Waals surface area contributed by atoms with Crippen LogP contribution in [0, 0.1) is 11.3 Å². The van der Waals surface area contributed by atoms with E-state index in [0.717, 1.165) is 0 Å². The van der Waals surface area contributed by atoms with Crippen molar-refractivity contribution in [2.75, 3.05) is 11.9 Å². The van der Waals surface area contributed by atoms with Gasteiger partial charge in [0.05, 0.1) is 12.7 Å². The lowest BCUT2D eigenvalue weighted by Gasteiger charge is -2.20. The molecule has 5 heteroatoms. The number of hydrogen-bond donors (Lipinski definition) is 1. The summed E-state index contributed by atoms with van der Waals surface area (Å²) in [6.45, 7) is 4.83. The van der Waals surface area contributed by atoms with Crippen LogP contribution in [0.3, 0.4) is 0 Å². The van der Waals surface area contributed by atoms with Gasteiger partial charge >= 0.3 is 5.97 Å². The molecule has 1 atom stereocenters. The maximum atomic E-state index is 11.8. The van der Waals surface area contributed by atoms with Crippen LogP contribution in [-0.4, -0.2) is 18.5 Å². The number of carbonyl (C=O) groups is 2. The van der Waals surface area contributed by atoms with Crippen molar-refractivity contribution in [1.82, 2.24) is 0 Å². The molecule has 0 aliphatic rings. The summed E-state index contributed by atoms with van der Waals surface area (Å²) in [4.78, 5) is 22.8. The number of benzene rings is 1. The molecule has 0 bridgehead atoms. The molecule has 100 valence electrons. The van der Waals surface area contributed by atoms with E-state index in [4.69, 9.17) is 4.74 Å². The molecule has 1 unspecified atom stereocenters. The second kappa shape index (κ2) is 6.01. The average Bonchev–Trinajstić information content (AvgIpc) is 2.38. The second-order valence-corrected chi connectivity index (χ2v) is 4.22. The first-order valence-electron chi connectivity index (χ1n) is 5.90. The molecule has 0 heterocycles. The Morgan fingerprint density at radius 1 is 1.37 bits per heavy atom. The highest BCUT2D eigenvalue weighted by atomic mass is 16.5. The Morgan fingerprint density at radius 3 is 2.37 bits per heavy atom. The van der Waals surface area contributed by atoms with E-state index in [1.54, 1.807) is 31.2 Å². The highest BCUT2D eigenvalue weighted by Gasteiger charge is 2.37. The fourth-order valence-corrected chi connectivity index (χ4v) is 1.59. The van der Waals surface area contributed by atoms with E-state index in [1.807, 2.05) is 6.07 Å². The van der Waals surface area contributed by atoms with Crippen LogP contribution < -0.4 is 5.32 Å². The molecule has 1 rings (SSSR count). The number of nitrogens with one attached hydrogen (secondary N) is 1. The van der Waals surface area contributed by atoms with Gasteiger partial charge in [0.1, 0.15) is 0 Å². The van der Waals surface area contributed by atoms with E-state index >= 15 is 0 Å². The van der Waals surface area contributed by atoms with Crippen LogP contribution in [0.5, 0.6) is 0 Å². The van der Waals surface area contributed by atoms with Crippen LogP contribution in [0.25, 0.3) is 0 Å². The van der Waals surface area contributed by atoms with Crippen LogP contribution in [0.4, 0.5) is 5.69 Å². The van der Waals surface area contributed by atoms with Crippen LogP contribution in [0.2, 0.25) is 0 Å². The molecule has 0 saturated heterocycles. The molecule has 0 aromatic heterocycles. The molecule has 0 saturated carbocycles. The zero-order valence-corrected chi connectivity index (χ0v) is 11.2. The van der Waals surface area contributed by atoms with E-state index in [1.165, 1.54) is 13.8 Å². The van der Waals surface area contributed by atoms with Crippen LogP contribution in [0.1, 0.15) is 26.3 Å². The number of nitriles is 1. The van der Waals surface area contributed by atoms with Crippen molar-refractivity contribution >= 4 is 17.6 Å². The summed E-state index contributed by atoms with van der Waals surface area (Å²) in [7, 11) is 0. The molecule has 0 spiro atoms. The predicted octanol–water partition coefficient (Wildman–Crippen LogP) is 1.99. The summed E-state index contributed by atoms with van der Waals surface area (Å²) >= 11 is 0. The van der Waals surface area contributed by atoms with E-state index in [-0.39, 0.29) is 12.5 Å². The first-order valence-corrected chi connectivity index (χ1v) is 5.90. The minimum Gasteiger partial charge on any atom is -0.465 e. The van der Waals surface area contributed by atoms with Crippen LogP contribution in [0.15, 0.2) is 24.3 Å². The number of esters is 1. The molecule has 5 nitrogen and oxygen atoms in total. The zero-order chi connectivity index (χ0) is 14.5. The van der Waals surface area contributed by atoms with Crippen molar-refractivity contribution in [3.63, 3.8) is 0 Å². The van der Waals surface area contributed by atoms with Crippen molar-refractivity contribution in [3.05, 3.63) is 29.8 Å². The number of ether oxygens (including phenoxy) is 1. The molecule has 1 amide bonds. The highest BCUT2D eigenvalue weighted by Crippen LogP contribution is 2.26. The Bertz CT molecular complexity index is 516. The van der Waals surface area contributed by atoms with Gasteiger partial charge in [-0.2, -0.15) is 5.26 Å². The summed E-state index contributed by atoms with van der Waals surface area (Å²) in [5, 5.41) is 11.8. The Kier molecular flexibility index (Phi) is 4.65. The summed E-state index contributed by atoms with van der Waals surface area (Å²) in [6, 6.07) is 8.53. The molecule has 19 heavy (non-hydrogen) atoms. The number of rotatable bonds is 4. The van der Waals surface area contributed by atoms with Crippen molar-refractivity contribution in [2.24, 2.45) is 0 Å². The number of carbonyl (C=O) groups excluding carboxylic acids is 2. The fourth-order valence-electron chi connectivity index (χ4n) is 1.59. The second-order valence-electron chi connectivity index (χ2n) is 4.22. The molecule has 1 aromatic carbocycles. The SMILES string of the molecule is CCOC(=O)C(C)(C#N)c1ccc(NC(C)=O)cc1. The first-order chi connectivity index (χ1) is 8.93. The standard InChI is InChI=1S/C14H16N2O3/c1-4-19-13(18)14(3,9-15)11-5-7-12(8-6-11)16-10(2)17/h5-8H,4H2,1-3H3,(H,16,17). The molecule has 1 aromatic rings. The molecule has 0 fully saturated rings. The molecular weight excluding hydrogens is 244 g/mol. The van der Waals surface area contributed by atoms with Gasteiger partial charge in [-0.25, -0.2) is 4.79 Å². The number of amides is 1. The third-order valence-corrected chi connectivity index (χ3v) is 2.69. The molecule has 0 aliphatic heterocycles. The van der Waals surface area contributed by atoms with Gasteiger partial charge in [0.2, 0.25) is 5.91 Å². The molecular formula is C14H16N2O3. The maximum Gasteiger partial charge on any atom is 0.330 e. The van der Waals surface area contributed by atoms with Crippen LogP contribution in [-0.2, 0) is 19.7 Å². The van der Waals surface area contributed by atoms with Gasteiger partial charge in [0.25, 0.3) is 0 Å². The monoisotopic (exact) mass is 260 g/mol. The van der Waals surface area contributed by atoms with E-state index < -0.39 is 11.4 Å². The third kappa shape index (κ3) is 3.32. The summed E-state index contributed by atoms with van der Waals surface area (Å²) in [5.74, 6) is -0.758. The summed E-state index contributed by atoms with van der Waals surface area (Å²) in [5.41, 5.74) is -0.201. The van der Waals surface area contributed by atoms with Crippen molar-refractivity contribution < 1.29 is 14.3 Å². The Morgan fingerprint density at radius 2 is 1.95 bits per heavy atom. The number of anilines is 1. The van der Waals surface area contributed by atoms with Gasteiger partial charge in [0, 0.05) is 12.6 Å². The maximum absolute atomic E-state index is 11.8. The quantitative estimate of drug-likeness (QED) is 0.839. The number of nitrogens with zero attached hydrogens (tertiary/aromatic N) is 1. The molecule has 1 N–H and O–H groups in total. The topological polar surface area (TPSA) is 79.2 Å². The molecule has 0 radical (unpaired) electrons. The summed E-state index contributed by atoms with van der Waals surface area (Å²) < 4.78 is 4.92. The van der Waals surface area contributed by atoms with Gasteiger partial charge in [0.15, 0.2) is 5.41 Å². The molecule has 0 aliphatic carbocycles. The minimum absolute atomic E-state index is 0.179. The van der Waals surface area contributed by atoms with E-state index in [9.17, 15) is 14.9 Å². The highest BCUT2D eigenvalue weighted by molar-refractivity contribution is 5.89. The van der Waals surface area contributed by atoms with Gasteiger partial charge in [-0.3, -0.25) is 4.79 Å². The average molecular weight is 260 g/mol. The van der Waals surface area contributed by atoms with Gasteiger partial charge in [-0.15, -0.1) is 0 Å². The minimum atomic E-state index is -1.34. The fraction of sp³-hybridized carbons (Fsp3) is 0.357. The lowest BCUT2D eigenvalue weighted by molar-refractivity contribution is -0.147. The van der Waals surface area contributed by atoms with E-state index in [0.29, 0.717) is 11.3 Å². The Hall–Kier alpha value is -2.35. The van der Waals surface area contributed by atoms with Crippen molar-refractivity contribution in [1.29, 1.82) is 5.26 Å². The van der Waals surface area contributed by atoms with Crippen molar-refractivity contribution in [3.8, 4) is 6.07 Å². The third-order valence-electron chi connectivity index (χ3n) is 2.69. The first kappa shape index (κ1) is 14.7. The lowest BCUT2D eigenvalue weighted by Crippen LogP contribution is -2.32. The zero-order valence-electron chi connectivity index (χ0n) is 11.2. The Labute approximate surface area is 112 Å².